The monoisotopic (exact) mass is 336 g/mol. The normalized spacial score (nSPS) is 17.6. The molecule has 0 aromatic heterocycles. The van der Waals surface area contributed by atoms with Crippen molar-refractivity contribution in [2.45, 2.75) is 30.3 Å². The molecule has 0 unspecified atom stereocenters. The molecule has 0 amide bonds. The van der Waals surface area contributed by atoms with Crippen LogP contribution >= 0.6 is 0 Å². The Hall–Kier alpha value is -1.12. The number of alkyl halides is 3. The topological polar surface area (TPSA) is 49.4 Å². The molecule has 1 heterocycles. The maximum absolute atomic E-state index is 12.6. The fraction of sp³-hybridized carbons (Fsp3) is 0.571. The standard InChI is InChI=1S/C14H19F3N2O2S/c15-14(16,17)12-5-4-6-13(11-12)22(20,21)18-7-10-19-8-2-1-3-9-19/h4-6,11,18H,1-3,7-10H2. The van der Waals surface area contributed by atoms with E-state index in [9.17, 15) is 21.6 Å². The van der Waals surface area contributed by atoms with Gasteiger partial charge >= 0.3 is 6.18 Å². The van der Waals surface area contributed by atoms with E-state index in [2.05, 4.69) is 9.62 Å². The summed E-state index contributed by atoms with van der Waals surface area (Å²) in [7, 11) is -3.92. The number of hydrogen-bond donors (Lipinski definition) is 1. The van der Waals surface area contributed by atoms with Gasteiger partial charge in [-0.15, -0.1) is 0 Å². The van der Waals surface area contributed by atoms with Crippen LogP contribution in [0.3, 0.4) is 0 Å². The van der Waals surface area contributed by atoms with Crippen molar-refractivity contribution in [3.8, 4) is 0 Å². The van der Waals surface area contributed by atoms with Crippen molar-refractivity contribution in [3.05, 3.63) is 29.8 Å². The number of halogens is 3. The lowest BCUT2D eigenvalue weighted by Crippen LogP contribution is -2.37. The minimum Gasteiger partial charge on any atom is -0.302 e. The summed E-state index contributed by atoms with van der Waals surface area (Å²) in [5.41, 5.74) is -0.966. The van der Waals surface area contributed by atoms with E-state index in [1.54, 1.807) is 0 Å². The molecule has 1 fully saturated rings. The summed E-state index contributed by atoms with van der Waals surface area (Å²) in [6, 6.07) is 3.77. The summed E-state index contributed by atoms with van der Waals surface area (Å²) < 4.78 is 64.4. The van der Waals surface area contributed by atoms with Gasteiger partial charge in [0.15, 0.2) is 0 Å². The van der Waals surface area contributed by atoms with Crippen LogP contribution in [-0.4, -0.2) is 39.5 Å². The van der Waals surface area contributed by atoms with Gasteiger partial charge in [0.2, 0.25) is 10.0 Å². The molecule has 0 spiro atoms. The lowest BCUT2D eigenvalue weighted by molar-refractivity contribution is -0.137. The van der Waals surface area contributed by atoms with Gasteiger partial charge in [0.05, 0.1) is 10.5 Å². The molecule has 1 aliphatic heterocycles. The number of rotatable bonds is 5. The van der Waals surface area contributed by atoms with E-state index in [-0.39, 0.29) is 11.4 Å². The van der Waals surface area contributed by atoms with Gasteiger partial charge < -0.3 is 4.90 Å². The van der Waals surface area contributed by atoms with Gasteiger partial charge in [-0.05, 0) is 44.1 Å². The quantitative estimate of drug-likeness (QED) is 0.899. The van der Waals surface area contributed by atoms with Crippen LogP contribution in [0.1, 0.15) is 24.8 Å². The Morgan fingerprint density at radius 1 is 1.14 bits per heavy atom. The van der Waals surface area contributed by atoms with E-state index < -0.39 is 21.8 Å². The largest absolute Gasteiger partial charge is 0.416 e. The Labute approximate surface area is 128 Å². The second kappa shape index (κ2) is 6.97. The highest BCUT2D eigenvalue weighted by molar-refractivity contribution is 7.89. The lowest BCUT2D eigenvalue weighted by Gasteiger charge is -2.26. The van der Waals surface area contributed by atoms with Gasteiger partial charge in [-0.2, -0.15) is 13.2 Å². The van der Waals surface area contributed by atoms with E-state index in [0.717, 1.165) is 38.1 Å². The van der Waals surface area contributed by atoms with Crippen molar-refractivity contribution in [2.24, 2.45) is 0 Å². The van der Waals surface area contributed by atoms with Crippen LogP contribution < -0.4 is 4.72 Å². The molecule has 0 bridgehead atoms. The van der Waals surface area contributed by atoms with Crippen molar-refractivity contribution >= 4 is 10.0 Å². The average molecular weight is 336 g/mol. The number of benzene rings is 1. The molecule has 0 radical (unpaired) electrons. The Morgan fingerprint density at radius 3 is 2.45 bits per heavy atom. The maximum Gasteiger partial charge on any atom is 0.416 e. The molecule has 4 nitrogen and oxygen atoms in total. The second-order valence-corrected chi connectivity index (χ2v) is 7.09. The van der Waals surface area contributed by atoms with Crippen molar-refractivity contribution in [2.75, 3.05) is 26.2 Å². The van der Waals surface area contributed by atoms with Crippen molar-refractivity contribution in [3.63, 3.8) is 0 Å². The van der Waals surface area contributed by atoms with Crippen LogP contribution in [0.25, 0.3) is 0 Å². The molecular formula is C14H19F3N2O2S. The minimum absolute atomic E-state index is 0.193. The third-order valence-corrected chi connectivity index (χ3v) is 5.10. The molecule has 0 atom stereocenters. The highest BCUT2D eigenvalue weighted by atomic mass is 32.2. The number of nitrogens with zero attached hydrogens (tertiary/aromatic N) is 1. The predicted molar refractivity (Wildman–Crippen MR) is 76.9 cm³/mol. The Bertz CT molecular complexity index is 596. The van der Waals surface area contributed by atoms with E-state index in [1.165, 1.54) is 12.5 Å². The highest BCUT2D eigenvalue weighted by Gasteiger charge is 2.31. The van der Waals surface area contributed by atoms with Crippen LogP contribution in [0.2, 0.25) is 0 Å². The molecule has 2 rings (SSSR count). The first kappa shape index (κ1) is 17.2. The molecule has 1 aromatic rings. The molecule has 8 heteroatoms. The van der Waals surface area contributed by atoms with Gasteiger partial charge in [0.25, 0.3) is 0 Å². The first-order valence-electron chi connectivity index (χ1n) is 7.18. The Kier molecular flexibility index (Phi) is 5.46. The van der Waals surface area contributed by atoms with Crippen molar-refractivity contribution in [1.82, 2.24) is 9.62 Å². The minimum atomic E-state index is -4.56. The fourth-order valence-electron chi connectivity index (χ4n) is 2.44. The van der Waals surface area contributed by atoms with Crippen LogP contribution in [0.15, 0.2) is 29.2 Å². The number of likely N-dealkylation sites (tertiary alicyclic amines) is 1. The molecule has 1 N–H and O–H groups in total. The molecule has 124 valence electrons. The van der Waals surface area contributed by atoms with Crippen molar-refractivity contribution < 1.29 is 21.6 Å². The maximum atomic E-state index is 12.6. The molecule has 22 heavy (non-hydrogen) atoms. The average Bonchev–Trinajstić information content (AvgIpc) is 2.47. The summed E-state index contributed by atoms with van der Waals surface area (Å²) in [5.74, 6) is 0. The van der Waals surface area contributed by atoms with Crippen LogP contribution in [0.5, 0.6) is 0 Å². The smallest absolute Gasteiger partial charge is 0.302 e. The molecule has 1 aromatic carbocycles. The van der Waals surface area contributed by atoms with E-state index in [4.69, 9.17) is 0 Å². The number of piperidine rings is 1. The van der Waals surface area contributed by atoms with E-state index in [1.807, 2.05) is 0 Å². The summed E-state index contributed by atoms with van der Waals surface area (Å²) in [5, 5.41) is 0. The zero-order valence-corrected chi connectivity index (χ0v) is 12.9. The molecule has 0 saturated carbocycles. The summed E-state index contributed by atoms with van der Waals surface area (Å²) in [6.07, 6.45) is -1.17. The first-order chi connectivity index (χ1) is 10.3. The molecule has 1 aliphatic rings. The molecule has 0 aliphatic carbocycles. The lowest BCUT2D eigenvalue weighted by atomic mass is 10.1. The summed E-state index contributed by atoms with van der Waals surface area (Å²) in [6.45, 7) is 2.63. The number of sulfonamides is 1. The highest BCUT2D eigenvalue weighted by Crippen LogP contribution is 2.30. The van der Waals surface area contributed by atoms with E-state index in [0.29, 0.717) is 12.6 Å². The third kappa shape index (κ3) is 4.69. The number of nitrogens with one attached hydrogen (secondary N) is 1. The Morgan fingerprint density at radius 2 is 1.82 bits per heavy atom. The second-order valence-electron chi connectivity index (χ2n) is 5.33. The number of hydrogen-bond acceptors (Lipinski definition) is 3. The summed E-state index contributed by atoms with van der Waals surface area (Å²) >= 11 is 0. The van der Waals surface area contributed by atoms with E-state index >= 15 is 0 Å². The van der Waals surface area contributed by atoms with Gasteiger partial charge in [-0.3, -0.25) is 0 Å². The predicted octanol–water partition coefficient (Wildman–Crippen LogP) is 2.47. The molecule has 1 saturated heterocycles. The van der Waals surface area contributed by atoms with Crippen LogP contribution in [0, 0.1) is 0 Å². The SMILES string of the molecule is O=S(=O)(NCCN1CCCCC1)c1cccc(C(F)(F)F)c1. The van der Waals surface area contributed by atoms with Gasteiger partial charge in [0, 0.05) is 13.1 Å². The summed E-state index contributed by atoms with van der Waals surface area (Å²) in [4.78, 5) is 1.79. The first-order valence-corrected chi connectivity index (χ1v) is 8.67. The fourth-order valence-corrected chi connectivity index (χ4v) is 3.51. The Balaban J connectivity index is 1.98. The van der Waals surface area contributed by atoms with Gasteiger partial charge in [-0.1, -0.05) is 12.5 Å². The van der Waals surface area contributed by atoms with Gasteiger partial charge in [-0.25, -0.2) is 13.1 Å². The van der Waals surface area contributed by atoms with Crippen LogP contribution in [-0.2, 0) is 16.2 Å². The zero-order valence-electron chi connectivity index (χ0n) is 12.1. The molecular weight excluding hydrogens is 317 g/mol. The zero-order chi connectivity index (χ0) is 16.2. The van der Waals surface area contributed by atoms with Gasteiger partial charge in [0.1, 0.15) is 0 Å². The van der Waals surface area contributed by atoms with Crippen LogP contribution in [0.4, 0.5) is 13.2 Å². The van der Waals surface area contributed by atoms with Crippen molar-refractivity contribution in [1.29, 1.82) is 0 Å². The third-order valence-electron chi connectivity index (χ3n) is 3.64.